The second-order valence-corrected chi connectivity index (χ2v) is 21.3. The van der Waals surface area contributed by atoms with Gasteiger partial charge in [-0.2, -0.15) is 0 Å². The third-order valence-electron chi connectivity index (χ3n) is 13.9. The van der Waals surface area contributed by atoms with Crippen molar-refractivity contribution in [3.8, 4) is 0 Å². The molecule has 6 nitrogen and oxygen atoms in total. The smallest absolute Gasteiger partial charge is 0.306 e. The maximum Gasteiger partial charge on any atom is 0.306 e. The quantitative estimate of drug-likeness (QED) is 0.0261. The minimum Gasteiger partial charge on any atom is -0.462 e. The molecular formula is C69H120O6. The number of esters is 3. The highest BCUT2D eigenvalue weighted by Crippen LogP contribution is 2.17. The van der Waals surface area contributed by atoms with E-state index < -0.39 is 6.10 Å². The summed E-state index contributed by atoms with van der Waals surface area (Å²) >= 11 is 0. The van der Waals surface area contributed by atoms with E-state index in [0.29, 0.717) is 19.3 Å². The van der Waals surface area contributed by atoms with E-state index in [-0.39, 0.29) is 37.5 Å². The molecule has 0 spiro atoms. The van der Waals surface area contributed by atoms with E-state index in [2.05, 4.69) is 99.8 Å². The van der Waals surface area contributed by atoms with E-state index in [1.165, 1.54) is 186 Å². The molecule has 0 saturated carbocycles. The lowest BCUT2D eigenvalue weighted by atomic mass is 10.0. The second-order valence-electron chi connectivity index (χ2n) is 21.3. The number of hydrogen-bond acceptors (Lipinski definition) is 6. The van der Waals surface area contributed by atoms with Crippen LogP contribution in [0.15, 0.2) is 85.1 Å². The van der Waals surface area contributed by atoms with Gasteiger partial charge < -0.3 is 14.2 Å². The standard InChI is InChI=1S/C69H120O6/c1-4-7-10-13-16-19-22-25-28-31-33-34-35-37-38-41-44-47-50-53-56-59-62-68(71)74-65-66(64-73-67(70)61-58-55-52-49-46-43-40-30-27-24-21-18-15-12-9-6-3)75-69(72)63-60-57-54-51-48-45-42-39-36-32-29-26-23-20-17-14-11-8-5-2/h8,11,17,20,26,29-30,36,39-40,45,48,54,57,66H,4-7,9-10,12-16,18-19,21-25,27-28,31-35,37-38,41-44,46-47,49-53,55-56,58-65H2,1-3H3/b11-8-,20-17-,29-26-,39-36-,40-30-,48-45-,57-54-. The van der Waals surface area contributed by atoms with Crippen LogP contribution in [0.3, 0.4) is 0 Å². The zero-order valence-corrected chi connectivity index (χ0v) is 49.6. The second kappa shape index (κ2) is 63.1. The van der Waals surface area contributed by atoms with Crippen LogP contribution < -0.4 is 0 Å². The molecule has 0 aliphatic rings. The summed E-state index contributed by atoms with van der Waals surface area (Å²) < 4.78 is 16.9. The molecule has 0 N–H and O–H groups in total. The van der Waals surface area contributed by atoms with Crippen molar-refractivity contribution in [2.24, 2.45) is 0 Å². The average molecular weight is 1050 g/mol. The van der Waals surface area contributed by atoms with Gasteiger partial charge in [0.1, 0.15) is 13.2 Å². The molecule has 1 unspecified atom stereocenters. The number of hydrogen-bond donors (Lipinski definition) is 0. The molecule has 0 amide bonds. The SMILES string of the molecule is CC/C=C\C/C=C\C/C=C\C/C=C\C/C=C\C/C=C\CCC(=O)OC(COC(=O)CCCCCCC/C=C\CCCCCCCCC)COC(=O)CCCCCCCCCCCCCCCCCCCCCCCC. The van der Waals surface area contributed by atoms with Crippen LogP contribution >= 0.6 is 0 Å². The highest BCUT2D eigenvalue weighted by molar-refractivity contribution is 5.71. The van der Waals surface area contributed by atoms with Gasteiger partial charge in [-0.05, 0) is 83.5 Å². The van der Waals surface area contributed by atoms with Crippen LogP contribution in [-0.4, -0.2) is 37.2 Å². The topological polar surface area (TPSA) is 78.9 Å². The van der Waals surface area contributed by atoms with E-state index in [9.17, 15) is 14.4 Å². The first-order chi connectivity index (χ1) is 37.0. The number of rotatable bonds is 58. The van der Waals surface area contributed by atoms with Crippen molar-refractivity contribution in [2.75, 3.05) is 13.2 Å². The number of carbonyl (C=O) groups excluding carboxylic acids is 3. The summed E-state index contributed by atoms with van der Waals surface area (Å²) in [6.07, 6.45) is 83.2. The predicted molar refractivity (Wildman–Crippen MR) is 325 cm³/mol. The van der Waals surface area contributed by atoms with Gasteiger partial charge in [0, 0.05) is 19.3 Å². The van der Waals surface area contributed by atoms with Crippen molar-refractivity contribution in [1.82, 2.24) is 0 Å². The van der Waals surface area contributed by atoms with Crippen molar-refractivity contribution in [3.05, 3.63) is 85.1 Å². The normalized spacial score (nSPS) is 12.6. The molecule has 1 atom stereocenters. The van der Waals surface area contributed by atoms with Crippen molar-refractivity contribution in [1.29, 1.82) is 0 Å². The van der Waals surface area contributed by atoms with Crippen LogP contribution in [-0.2, 0) is 28.6 Å². The summed E-state index contributed by atoms with van der Waals surface area (Å²) in [7, 11) is 0. The molecule has 0 aromatic rings. The molecule has 0 fully saturated rings. The van der Waals surface area contributed by atoms with E-state index in [1.54, 1.807) is 0 Å². The lowest BCUT2D eigenvalue weighted by Crippen LogP contribution is -2.30. The summed E-state index contributed by atoms with van der Waals surface area (Å²) in [4.78, 5) is 38.3. The minimum absolute atomic E-state index is 0.107. The minimum atomic E-state index is -0.820. The van der Waals surface area contributed by atoms with E-state index in [4.69, 9.17) is 14.2 Å². The number of ether oxygens (including phenoxy) is 3. The maximum atomic E-state index is 12.9. The lowest BCUT2D eigenvalue weighted by Gasteiger charge is -2.18. The lowest BCUT2D eigenvalue weighted by molar-refractivity contribution is -0.166. The molecule has 0 aliphatic heterocycles. The number of allylic oxidation sites excluding steroid dienone is 14. The first-order valence-corrected chi connectivity index (χ1v) is 32.1. The highest BCUT2D eigenvalue weighted by atomic mass is 16.6. The van der Waals surface area contributed by atoms with Crippen molar-refractivity contribution >= 4 is 17.9 Å². The van der Waals surface area contributed by atoms with Crippen molar-refractivity contribution in [3.63, 3.8) is 0 Å². The van der Waals surface area contributed by atoms with Gasteiger partial charge in [0.2, 0.25) is 0 Å². The number of unbranched alkanes of at least 4 members (excludes halogenated alkanes) is 33. The average Bonchev–Trinajstić information content (AvgIpc) is 3.41. The van der Waals surface area contributed by atoms with Crippen molar-refractivity contribution < 1.29 is 28.6 Å². The third kappa shape index (κ3) is 61.3. The van der Waals surface area contributed by atoms with Crippen LogP contribution in [0.4, 0.5) is 0 Å². The Hall–Kier alpha value is -3.41. The zero-order chi connectivity index (χ0) is 54.3. The Morgan fingerprint density at radius 2 is 0.547 bits per heavy atom. The molecule has 0 aromatic heterocycles. The van der Waals surface area contributed by atoms with E-state index >= 15 is 0 Å². The van der Waals surface area contributed by atoms with Gasteiger partial charge in [-0.15, -0.1) is 0 Å². The number of carbonyl (C=O) groups is 3. The van der Waals surface area contributed by atoms with Gasteiger partial charge in [-0.1, -0.05) is 298 Å². The predicted octanol–water partition coefficient (Wildman–Crippen LogP) is 21.9. The molecule has 0 aliphatic carbocycles. The largest absolute Gasteiger partial charge is 0.462 e. The zero-order valence-electron chi connectivity index (χ0n) is 49.6. The third-order valence-corrected chi connectivity index (χ3v) is 13.9. The molecule has 0 radical (unpaired) electrons. The Bertz CT molecular complexity index is 1430. The first kappa shape index (κ1) is 71.6. The summed E-state index contributed by atoms with van der Waals surface area (Å²) in [5, 5.41) is 0. The van der Waals surface area contributed by atoms with E-state index in [0.717, 1.165) is 83.5 Å². The van der Waals surface area contributed by atoms with Crippen LogP contribution in [0.1, 0.15) is 316 Å². The highest BCUT2D eigenvalue weighted by Gasteiger charge is 2.19. The fraction of sp³-hybridized carbons (Fsp3) is 0.754. The summed E-state index contributed by atoms with van der Waals surface area (Å²) in [5.74, 6) is -0.987. The molecule has 0 heterocycles. The Kier molecular flexibility index (Phi) is 60.3. The van der Waals surface area contributed by atoms with Gasteiger partial charge in [0.05, 0.1) is 0 Å². The first-order valence-electron chi connectivity index (χ1n) is 32.1. The summed E-state index contributed by atoms with van der Waals surface area (Å²) in [5.41, 5.74) is 0. The maximum absolute atomic E-state index is 12.9. The molecule has 75 heavy (non-hydrogen) atoms. The van der Waals surface area contributed by atoms with Gasteiger partial charge in [0.15, 0.2) is 6.10 Å². The van der Waals surface area contributed by atoms with Crippen LogP contribution in [0.25, 0.3) is 0 Å². The van der Waals surface area contributed by atoms with Gasteiger partial charge in [-0.3, -0.25) is 14.4 Å². The fourth-order valence-electron chi connectivity index (χ4n) is 9.11. The van der Waals surface area contributed by atoms with Crippen LogP contribution in [0.5, 0.6) is 0 Å². The van der Waals surface area contributed by atoms with Crippen LogP contribution in [0, 0.1) is 0 Å². The van der Waals surface area contributed by atoms with Gasteiger partial charge in [0.25, 0.3) is 0 Å². The summed E-state index contributed by atoms with van der Waals surface area (Å²) in [6.45, 7) is 6.50. The molecule has 432 valence electrons. The Balaban J connectivity index is 4.44. The molecular weight excluding hydrogens is 925 g/mol. The van der Waals surface area contributed by atoms with Crippen LogP contribution in [0.2, 0.25) is 0 Å². The Morgan fingerprint density at radius 3 is 0.867 bits per heavy atom. The van der Waals surface area contributed by atoms with Gasteiger partial charge >= 0.3 is 17.9 Å². The molecule has 6 heteroatoms. The fourth-order valence-corrected chi connectivity index (χ4v) is 9.11. The van der Waals surface area contributed by atoms with E-state index in [1.807, 2.05) is 6.08 Å². The van der Waals surface area contributed by atoms with Crippen molar-refractivity contribution in [2.45, 2.75) is 322 Å². The molecule has 0 bridgehead atoms. The molecule has 0 rings (SSSR count). The Morgan fingerprint density at radius 1 is 0.280 bits per heavy atom. The monoisotopic (exact) mass is 1040 g/mol. The molecule has 0 aromatic carbocycles. The molecule has 0 saturated heterocycles. The Labute approximate surface area is 465 Å². The van der Waals surface area contributed by atoms with Gasteiger partial charge in [-0.25, -0.2) is 0 Å². The summed E-state index contributed by atoms with van der Waals surface area (Å²) in [6, 6.07) is 0.